The highest BCUT2D eigenvalue weighted by Crippen LogP contribution is 2.01. The van der Waals surface area contributed by atoms with Crippen LogP contribution < -0.4 is 0 Å². The van der Waals surface area contributed by atoms with Crippen molar-refractivity contribution in [1.82, 2.24) is 0 Å². The van der Waals surface area contributed by atoms with E-state index in [1.54, 1.807) is 0 Å². The molecule has 0 aliphatic rings. The Hall–Kier alpha value is -0.153. The van der Waals surface area contributed by atoms with Gasteiger partial charge in [-0.3, -0.25) is 0 Å². The first-order valence-corrected chi connectivity index (χ1v) is 4.71. The number of hydrogen-bond donors (Lipinski definition) is 0. The molecule has 0 atom stereocenters. The first-order valence-electron chi connectivity index (χ1n) is 3.49. The van der Waals surface area contributed by atoms with Crippen LogP contribution in [0.4, 0.5) is 0 Å². The highest BCUT2D eigenvalue weighted by atomic mass is 32.1. The third kappa shape index (κ3) is 5.97. The van der Waals surface area contributed by atoms with Gasteiger partial charge < -0.3 is 4.43 Å². The summed E-state index contributed by atoms with van der Waals surface area (Å²) >= 11 is 4.89. The molecule has 0 rings (SSSR count). The molecule has 0 radical (unpaired) electrons. The van der Waals surface area contributed by atoms with Gasteiger partial charge in [-0.1, -0.05) is 6.08 Å². The molecule has 0 saturated heterocycles. The molecule has 0 spiro atoms. The molecule has 0 aromatic heterocycles. The van der Waals surface area contributed by atoms with Crippen molar-refractivity contribution >= 4 is 27.8 Å². The first-order chi connectivity index (χ1) is 4.81. The van der Waals surface area contributed by atoms with Gasteiger partial charge in [0.25, 0.3) is 0 Å². The summed E-state index contributed by atoms with van der Waals surface area (Å²) in [4.78, 5) is 0. The minimum absolute atomic E-state index is 0.731. The molecule has 0 saturated carbocycles. The molecule has 0 aliphatic carbocycles. The van der Waals surface area contributed by atoms with E-state index in [9.17, 15) is 0 Å². The number of unbranched alkanes of at least 4 members (excludes halogenated alkanes) is 2. The van der Waals surface area contributed by atoms with Crippen LogP contribution in [0.5, 0.6) is 0 Å². The summed E-state index contributed by atoms with van der Waals surface area (Å²) in [6.07, 6.45) is 6.27. The molecular formula is C7H14OSSi. The molecule has 0 heterocycles. The van der Waals surface area contributed by atoms with Crippen molar-refractivity contribution < 1.29 is 4.43 Å². The van der Waals surface area contributed by atoms with Crippen molar-refractivity contribution in [2.75, 3.05) is 0 Å². The predicted octanol–water partition coefficient (Wildman–Crippen LogP) is 1.36. The maximum atomic E-state index is 4.97. The van der Waals surface area contributed by atoms with Crippen LogP contribution in [0, 0.1) is 0 Å². The summed E-state index contributed by atoms with van der Waals surface area (Å²) in [5, 5.41) is 0.774. The summed E-state index contributed by atoms with van der Waals surface area (Å²) < 4.78 is 4.97. The molecule has 0 N–H and O–H groups in total. The molecule has 0 aromatic rings. The van der Waals surface area contributed by atoms with Crippen LogP contribution in [0.25, 0.3) is 0 Å². The van der Waals surface area contributed by atoms with Gasteiger partial charge in [-0.2, -0.15) is 0 Å². The third-order valence-electron chi connectivity index (χ3n) is 1.27. The fourth-order valence-corrected chi connectivity index (χ4v) is 1.01. The fraction of sp³-hybridized carbons (Fsp3) is 0.571. The Kier molecular flexibility index (Phi) is 6.85. The normalized spacial score (nSPS) is 9.20. The van der Waals surface area contributed by atoms with Crippen LogP contribution >= 0.6 is 12.2 Å². The second-order valence-electron chi connectivity index (χ2n) is 2.11. The van der Waals surface area contributed by atoms with Gasteiger partial charge in [0.2, 0.25) is 10.5 Å². The Balaban J connectivity index is 3.03. The Labute approximate surface area is 71.0 Å². The van der Waals surface area contributed by atoms with Gasteiger partial charge >= 0.3 is 0 Å². The zero-order valence-electron chi connectivity index (χ0n) is 6.43. The topological polar surface area (TPSA) is 9.23 Å². The van der Waals surface area contributed by atoms with E-state index in [0.717, 1.165) is 34.8 Å². The molecule has 0 aliphatic heterocycles. The number of thiocarbonyl (C=S) groups is 1. The zero-order valence-corrected chi connectivity index (χ0v) is 9.25. The van der Waals surface area contributed by atoms with Gasteiger partial charge in [0.1, 0.15) is 5.05 Å². The molecule has 1 nitrogen and oxygen atoms in total. The third-order valence-corrected chi connectivity index (χ3v) is 2.43. The van der Waals surface area contributed by atoms with Gasteiger partial charge in [-0.05, 0) is 31.5 Å². The lowest BCUT2D eigenvalue weighted by atomic mass is 10.2. The number of rotatable bonds is 5. The molecule has 3 heteroatoms. The van der Waals surface area contributed by atoms with Crippen LogP contribution in [-0.2, 0) is 4.43 Å². The highest BCUT2D eigenvalue weighted by Gasteiger charge is 1.92. The molecule has 0 unspecified atom stereocenters. The average molecular weight is 174 g/mol. The Morgan fingerprint density at radius 2 is 2.30 bits per heavy atom. The van der Waals surface area contributed by atoms with Crippen molar-refractivity contribution in [1.29, 1.82) is 0 Å². The van der Waals surface area contributed by atoms with Crippen LogP contribution in [-0.4, -0.2) is 15.5 Å². The predicted molar refractivity (Wildman–Crippen MR) is 52.3 cm³/mol. The van der Waals surface area contributed by atoms with Crippen LogP contribution in [0.2, 0.25) is 0 Å². The summed E-state index contributed by atoms with van der Waals surface area (Å²) in [5.41, 5.74) is 0. The van der Waals surface area contributed by atoms with Crippen molar-refractivity contribution in [2.45, 2.75) is 25.7 Å². The lowest BCUT2D eigenvalue weighted by Crippen LogP contribution is -1.97. The maximum absolute atomic E-state index is 4.97. The SMILES string of the molecule is C=CCCCCC(=S)O[SiH3]. The summed E-state index contributed by atoms with van der Waals surface area (Å²) in [7, 11) is 0.731. The zero-order chi connectivity index (χ0) is 7.82. The molecule has 58 valence electrons. The average Bonchev–Trinajstić information content (AvgIpc) is 1.98. The lowest BCUT2D eigenvalue weighted by molar-refractivity contribution is 0.594. The number of hydrogen-bond acceptors (Lipinski definition) is 2. The quantitative estimate of drug-likeness (QED) is 0.269. The van der Waals surface area contributed by atoms with Gasteiger partial charge in [0.05, 0.1) is 0 Å². The van der Waals surface area contributed by atoms with Crippen LogP contribution in [0.3, 0.4) is 0 Å². The van der Waals surface area contributed by atoms with E-state index < -0.39 is 0 Å². The van der Waals surface area contributed by atoms with E-state index in [2.05, 4.69) is 6.58 Å². The van der Waals surface area contributed by atoms with Gasteiger partial charge in [-0.15, -0.1) is 6.58 Å². The second kappa shape index (κ2) is 6.96. The smallest absolute Gasteiger partial charge is 0.204 e. The minimum Gasteiger partial charge on any atom is -0.549 e. The standard InChI is InChI=1S/C7H14OSSi/c1-2-3-4-5-6-7(9)8-10/h2H,1,3-6H2,10H3. The fourth-order valence-electron chi connectivity index (χ4n) is 0.660. The van der Waals surface area contributed by atoms with Gasteiger partial charge in [0, 0.05) is 6.42 Å². The molecule has 0 amide bonds. The van der Waals surface area contributed by atoms with E-state index in [0.29, 0.717) is 0 Å². The molecule has 0 aromatic carbocycles. The molecule has 0 fully saturated rings. The van der Waals surface area contributed by atoms with Gasteiger partial charge in [-0.25, -0.2) is 0 Å². The molecular weight excluding hydrogens is 160 g/mol. The van der Waals surface area contributed by atoms with E-state index in [4.69, 9.17) is 16.6 Å². The van der Waals surface area contributed by atoms with Crippen LogP contribution in [0.15, 0.2) is 12.7 Å². The Bertz CT molecular complexity index is 114. The largest absolute Gasteiger partial charge is 0.549 e. The Morgan fingerprint density at radius 1 is 1.60 bits per heavy atom. The van der Waals surface area contributed by atoms with Gasteiger partial charge in [0.15, 0.2) is 0 Å². The van der Waals surface area contributed by atoms with E-state index in [1.807, 2.05) is 6.08 Å². The van der Waals surface area contributed by atoms with Crippen molar-refractivity contribution in [3.05, 3.63) is 12.7 Å². The maximum Gasteiger partial charge on any atom is 0.204 e. The van der Waals surface area contributed by atoms with Crippen molar-refractivity contribution in [3.63, 3.8) is 0 Å². The monoisotopic (exact) mass is 174 g/mol. The molecule has 10 heavy (non-hydrogen) atoms. The van der Waals surface area contributed by atoms with Crippen molar-refractivity contribution in [2.24, 2.45) is 0 Å². The summed E-state index contributed by atoms with van der Waals surface area (Å²) in [6.45, 7) is 3.64. The minimum atomic E-state index is 0.731. The Morgan fingerprint density at radius 3 is 2.80 bits per heavy atom. The van der Waals surface area contributed by atoms with E-state index >= 15 is 0 Å². The first kappa shape index (κ1) is 9.85. The second-order valence-corrected chi connectivity index (χ2v) is 2.97. The van der Waals surface area contributed by atoms with Crippen molar-refractivity contribution in [3.8, 4) is 0 Å². The summed E-state index contributed by atoms with van der Waals surface area (Å²) in [5.74, 6) is 0. The summed E-state index contributed by atoms with van der Waals surface area (Å²) in [6, 6.07) is 0. The van der Waals surface area contributed by atoms with Crippen LogP contribution in [0.1, 0.15) is 25.7 Å². The van der Waals surface area contributed by atoms with E-state index in [1.165, 1.54) is 6.42 Å². The highest BCUT2D eigenvalue weighted by molar-refractivity contribution is 7.80. The molecule has 0 bridgehead atoms. The lowest BCUT2D eigenvalue weighted by Gasteiger charge is -2.00. The van der Waals surface area contributed by atoms with E-state index in [-0.39, 0.29) is 0 Å². The number of allylic oxidation sites excluding steroid dienone is 1.